The van der Waals surface area contributed by atoms with Gasteiger partial charge in [0.25, 0.3) is 0 Å². The largest absolute Gasteiger partial charge is 0.341 e. The summed E-state index contributed by atoms with van der Waals surface area (Å²) in [6.07, 6.45) is 1.89. The van der Waals surface area contributed by atoms with Crippen LogP contribution in [0.5, 0.6) is 0 Å². The van der Waals surface area contributed by atoms with Gasteiger partial charge in [0.05, 0.1) is 6.33 Å². The fraction of sp³-hybridized carbons (Fsp3) is 0.400. The first-order valence-corrected chi connectivity index (χ1v) is 5.60. The van der Waals surface area contributed by atoms with Crippen LogP contribution in [0.3, 0.4) is 0 Å². The minimum absolute atomic E-state index is 0.133. The molecule has 6 nitrogen and oxygen atoms in total. The lowest BCUT2D eigenvalue weighted by Gasteiger charge is -2.05. The van der Waals surface area contributed by atoms with Gasteiger partial charge < -0.3 is 4.98 Å². The Morgan fingerprint density at radius 2 is 2.29 bits per heavy atom. The number of nitrogens with zero attached hydrogens (tertiary/aromatic N) is 3. The lowest BCUT2D eigenvalue weighted by atomic mass is 10.1. The quantitative estimate of drug-likeness (QED) is 0.820. The minimum atomic E-state index is -0.133. The number of aromatic amines is 1. The molecule has 0 atom stereocenters. The number of halogens is 1. The maximum Gasteiger partial charge on any atom is 0.233 e. The molecule has 0 saturated heterocycles. The Morgan fingerprint density at radius 1 is 1.53 bits per heavy atom. The summed E-state index contributed by atoms with van der Waals surface area (Å²) < 4.78 is 0. The number of rotatable bonds is 3. The lowest BCUT2D eigenvalue weighted by Crippen LogP contribution is -2.16. The van der Waals surface area contributed by atoms with Gasteiger partial charge >= 0.3 is 0 Å². The summed E-state index contributed by atoms with van der Waals surface area (Å²) in [6, 6.07) is 0. The fourth-order valence-electron chi connectivity index (χ4n) is 1.40. The van der Waals surface area contributed by atoms with E-state index >= 15 is 0 Å². The van der Waals surface area contributed by atoms with E-state index in [0.717, 1.165) is 0 Å². The second-order valence-electron chi connectivity index (χ2n) is 4.09. The predicted molar refractivity (Wildman–Crippen MR) is 64.8 cm³/mol. The highest BCUT2D eigenvalue weighted by molar-refractivity contribution is 6.33. The van der Waals surface area contributed by atoms with Crippen LogP contribution in [0.25, 0.3) is 11.2 Å². The zero-order valence-electron chi connectivity index (χ0n) is 9.49. The Bertz CT molecular complexity index is 551. The first-order valence-electron chi connectivity index (χ1n) is 5.22. The van der Waals surface area contributed by atoms with E-state index in [2.05, 4.69) is 25.3 Å². The summed E-state index contributed by atoms with van der Waals surface area (Å²) in [6.45, 7) is 3.93. The van der Waals surface area contributed by atoms with E-state index < -0.39 is 0 Å². The van der Waals surface area contributed by atoms with Gasteiger partial charge in [0.1, 0.15) is 5.52 Å². The van der Waals surface area contributed by atoms with Crippen LogP contribution < -0.4 is 5.32 Å². The van der Waals surface area contributed by atoms with Crippen LogP contribution in [0, 0.1) is 5.92 Å². The number of hydrogen-bond donors (Lipinski definition) is 2. The Labute approximate surface area is 103 Å². The Morgan fingerprint density at radius 3 is 3.00 bits per heavy atom. The van der Waals surface area contributed by atoms with Gasteiger partial charge in [0, 0.05) is 6.42 Å². The van der Waals surface area contributed by atoms with Crippen LogP contribution in [0.1, 0.15) is 20.3 Å². The Hall–Kier alpha value is -1.69. The van der Waals surface area contributed by atoms with Crippen molar-refractivity contribution in [3.8, 4) is 0 Å². The summed E-state index contributed by atoms with van der Waals surface area (Å²) in [5.41, 5.74) is 0.998. The van der Waals surface area contributed by atoms with Crippen LogP contribution in [-0.4, -0.2) is 25.8 Å². The van der Waals surface area contributed by atoms with Crippen molar-refractivity contribution in [1.82, 2.24) is 19.9 Å². The molecule has 0 unspecified atom stereocenters. The first kappa shape index (κ1) is 11.8. The van der Waals surface area contributed by atoms with Crippen molar-refractivity contribution in [1.29, 1.82) is 0 Å². The van der Waals surface area contributed by atoms with Crippen molar-refractivity contribution in [2.75, 3.05) is 5.32 Å². The molecule has 0 aromatic carbocycles. The third kappa shape index (κ3) is 2.71. The zero-order chi connectivity index (χ0) is 12.4. The van der Waals surface area contributed by atoms with Crippen LogP contribution in [0.15, 0.2) is 6.33 Å². The van der Waals surface area contributed by atoms with Gasteiger partial charge in [-0.05, 0) is 5.92 Å². The monoisotopic (exact) mass is 253 g/mol. The number of imidazole rings is 1. The molecule has 0 spiro atoms. The van der Waals surface area contributed by atoms with E-state index in [4.69, 9.17) is 11.6 Å². The van der Waals surface area contributed by atoms with Crippen LogP contribution in [-0.2, 0) is 4.79 Å². The number of amides is 1. The topological polar surface area (TPSA) is 83.6 Å². The molecule has 90 valence electrons. The molecule has 2 heterocycles. The van der Waals surface area contributed by atoms with E-state index in [1.54, 1.807) is 0 Å². The molecule has 0 aliphatic heterocycles. The number of carbonyl (C=O) groups is 1. The van der Waals surface area contributed by atoms with Crippen LogP contribution in [0.2, 0.25) is 5.15 Å². The van der Waals surface area contributed by atoms with Crippen molar-refractivity contribution in [2.45, 2.75) is 20.3 Å². The molecule has 0 bridgehead atoms. The smallest absolute Gasteiger partial charge is 0.233 e. The van der Waals surface area contributed by atoms with Crippen molar-refractivity contribution >= 4 is 34.6 Å². The standard InChI is InChI=1S/C10H12ClN5O/c1-5(2)3-6(17)14-10-15-8(11)7-9(16-10)13-4-12-7/h4-5H,3H2,1-2H3,(H2,12,13,14,15,16,17). The highest BCUT2D eigenvalue weighted by Gasteiger charge is 2.11. The lowest BCUT2D eigenvalue weighted by molar-refractivity contribution is -0.116. The molecule has 2 rings (SSSR count). The molecule has 2 aromatic rings. The van der Waals surface area contributed by atoms with Gasteiger partial charge in [0.15, 0.2) is 10.8 Å². The van der Waals surface area contributed by atoms with E-state index in [-0.39, 0.29) is 22.9 Å². The number of aromatic nitrogens is 4. The molecule has 0 saturated carbocycles. The number of fused-ring (bicyclic) bond motifs is 1. The number of carbonyl (C=O) groups excluding carboxylic acids is 1. The van der Waals surface area contributed by atoms with E-state index in [1.165, 1.54) is 6.33 Å². The molecule has 1 amide bonds. The predicted octanol–water partition coefficient (Wildman–Crippen LogP) is 1.99. The van der Waals surface area contributed by atoms with Gasteiger partial charge in [-0.1, -0.05) is 25.4 Å². The van der Waals surface area contributed by atoms with Gasteiger partial charge in [-0.15, -0.1) is 0 Å². The van der Waals surface area contributed by atoms with Crippen LogP contribution >= 0.6 is 11.6 Å². The number of H-pyrrole nitrogens is 1. The molecule has 2 N–H and O–H groups in total. The second-order valence-corrected chi connectivity index (χ2v) is 4.44. The third-order valence-corrected chi connectivity index (χ3v) is 2.36. The number of anilines is 1. The van der Waals surface area contributed by atoms with E-state index in [1.807, 2.05) is 13.8 Å². The molecule has 0 aliphatic rings. The van der Waals surface area contributed by atoms with E-state index in [9.17, 15) is 4.79 Å². The van der Waals surface area contributed by atoms with Crippen molar-refractivity contribution < 1.29 is 4.79 Å². The molecule has 0 aliphatic carbocycles. The SMILES string of the molecule is CC(C)CC(=O)Nc1nc(Cl)c2[nH]cnc2n1. The van der Waals surface area contributed by atoms with Crippen molar-refractivity contribution in [3.05, 3.63) is 11.5 Å². The summed E-state index contributed by atoms with van der Waals surface area (Å²) in [4.78, 5) is 26.4. The highest BCUT2D eigenvalue weighted by atomic mass is 35.5. The number of nitrogens with one attached hydrogen (secondary N) is 2. The third-order valence-electron chi connectivity index (χ3n) is 2.09. The molecule has 2 aromatic heterocycles. The number of hydrogen-bond acceptors (Lipinski definition) is 4. The van der Waals surface area contributed by atoms with Crippen LogP contribution in [0.4, 0.5) is 5.95 Å². The summed E-state index contributed by atoms with van der Waals surface area (Å²) in [5.74, 6) is 0.325. The van der Waals surface area contributed by atoms with Crippen molar-refractivity contribution in [2.24, 2.45) is 5.92 Å². The summed E-state index contributed by atoms with van der Waals surface area (Å²) in [5, 5.41) is 2.84. The first-order chi connectivity index (χ1) is 8.06. The van der Waals surface area contributed by atoms with Crippen molar-refractivity contribution in [3.63, 3.8) is 0 Å². The van der Waals surface area contributed by atoms with Gasteiger partial charge in [-0.3, -0.25) is 10.1 Å². The summed E-state index contributed by atoms with van der Waals surface area (Å²) in [7, 11) is 0. The molecular formula is C10H12ClN5O. The second kappa shape index (κ2) is 4.67. The Kier molecular flexibility index (Phi) is 3.23. The average Bonchev–Trinajstić information content (AvgIpc) is 2.64. The van der Waals surface area contributed by atoms with Gasteiger partial charge in [0.2, 0.25) is 11.9 Å². The fourth-order valence-corrected chi connectivity index (χ4v) is 1.62. The molecular weight excluding hydrogens is 242 g/mol. The van der Waals surface area contributed by atoms with Gasteiger partial charge in [-0.25, -0.2) is 4.98 Å². The maximum atomic E-state index is 11.5. The molecule has 17 heavy (non-hydrogen) atoms. The van der Waals surface area contributed by atoms with Gasteiger partial charge in [-0.2, -0.15) is 9.97 Å². The molecule has 0 fully saturated rings. The normalized spacial score (nSPS) is 11.1. The maximum absolute atomic E-state index is 11.5. The summed E-state index contributed by atoms with van der Waals surface area (Å²) >= 11 is 5.92. The molecule has 7 heteroatoms. The zero-order valence-corrected chi connectivity index (χ0v) is 10.2. The van der Waals surface area contributed by atoms with E-state index in [0.29, 0.717) is 17.6 Å². The highest BCUT2D eigenvalue weighted by Crippen LogP contribution is 2.18. The minimum Gasteiger partial charge on any atom is -0.341 e. The average molecular weight is 254 g/mol. The Balaban J connectivity index is 2.21. The molecule has 0 radical (unpaired) electrons.